The number of aromatic nitrogens is 2. The summed E-state index contributed by atoms with van der Waals surface area (Å²) in [5.41, 5.74) is 4.86. The molecule has 2 aromatic heterocycles. The number of hydrogen-bond donors (Lipinski definition) is 1. The average Bonchev–Trinajstić information content (AvgIpc) is 3.45. The second-order valence-corrected chi connectivity index (χ2v) is 8.72. The van der Waals surface area contributed by atoms with E-state index in [2.05, 4.69) is 33.7 Å². The third-order valence-corrected chi connectivity index (χ3v) is 6.74. The zero-order chi connectivity index (χ0) is 18.4. The highest BCUT2D eigenvalue weighted by molar-refractivity contribution is 6.30. The van der Waals surface area contributed by atoms with Crippen LogP contribution in [0.3, 0.4) is 0 Å². The van der Waals surface area contributed by atoms with Gasteiger partial charge in [-0.25, -0.2) is 4.98 Å². The van der Waals surface area contributed by atoms with Crippen molar-refractivity contribution in [2.75, 3.05) is 0 Å². The molecule has 1 atom stereocenters. The fraction of sp³-hybridized carbons (Fsp3) is 0.435. The third kappa shape index (κ3) is 3.39. The maximum absolute atomic E-state index is 11.2. The van der Waals surface area contributed by atoms with Crippen molar-refractivity contribution in [3.63, 3.8) is 0 Å². The first kappa shape index (κ1) is 17.3. The van der Waals surface area contributed by atoms with Gasteiger partial charge in [-0.2, -0.15) is 0 Å². The molecule has 0 spiro atoms. The van der Waals surface area contributed by atoms with E-state index in [-0.39, 0.29) is 0 Å². The molecule has 1 N–H and O–H groups in total. The van der Waals surface area contributed by atoms with Crippen LogP contribution in [0.2, 0.25) is 5.02 Å². The molecular formula is C23H25ClN2O. The minimum atomic E-state index is -0.424. The molecule has 2 aliphatic rings. The van der Waals surface area contributed by atoms with Crippen molar-refractivity contribution in [2.24, 2.45) is 5.92 Å². The van der Waals surface area contributed by atoms with Crippen molar-refractivity contribution in [1.29, 1.82) is 0 Å². The number of pyridine rings is 1. The summed E-state index contributed by atoms with van der Waals surface area (Å²) in [6, 6.07) is 12.7. The van der Waals surface area contributed by atoms with Gasteiger partial charge in [-0.15, -0.1) is 0 Å². The van der Waals surface area contributed by atoms with E-state index in [1.165, 1.54) is 24.0 Å². The summed E-state index contributed by atoms with van der Waals surface area (Å²) in [6.07, 6.45) is 10.2. The van der Waals surface area contributed by atoms with Crippen LogP contribution < -0.4 is 0 Å². The van der Waals surface area contributed by atoms with Crippen LogP contribution >= 0.6 is 11.6 Å². The highest BCUT2D eigenvalue weighted by Gasteiger charge is 2.31. The first-order valence-corrected chi connectivity index (χ1v) is 10.5. The van der Waals surface area contributed by atoms with Crippen LogP contribution in [0.25, 0.3) is 5.52 Å². The van der Waals surface area contributed by atoms with Crippen LogP contribution in [0, 0.1) is 5.92 Å². The summed E-state index contributed by atoms with van der Waals surface area (Å²) in [5.74, 6) is 1.57. The number of aliphatic hydroxyl groups excluding tert-OH is 1. The molecule has 2 heterocycles. The number of aliphatic hydroxyl groups is 1. The molecule has 2 aliphatic carbocycles. The first-order chi connectivity index (χ1) is 13.2. The van der Waals surface area contributed by atoms with E-state index in [1.54, 1.807) is 0 Å². The Morgan fingerprint density at radius 1 is 0.926 bits per heavy atom. The fourth-order valence-corrected chi connectivity index (χ4v) is 4.83. The normalized spacial score (nSPS) is 24.2. The molecule has 1 unspecified atom stereocenters. The Morgan fingerprint density at radius 2 is 1.59 bits per heavy atom. The average molecular weight is 381 g/mol. The predicted octanol–water partition coefficient (Wildman–Crippen LogP) is 5.87. The summed E-state index contributed by atoms with van der Waals surface area (Å²) in [6.45, 7) is 0. The molecule has 3 aromatic rings. The van der Waals surface area contributed by atoms with Crippen LogP contribution in [0.15, 0.2) is 48.9 Å². The Morgan fingerprint density at radius 3 is 2.30 bits per heavy atom. The Kier molecular flexibility index (Phi) is 4.45. The molecule has 0 bridgehead atoms. The lowest BCUT2D eigenvalue weighted by molar-refractivity contribution is 0.0762. The number of nitrogens with zero attached hydrogens (tertiary/aromatic N) is 2. The molecule has 1 aromatic carbocycles. The smallest absolute Gasteiger partial charge is 0.0995 e. The number of imidazole rings is 1. The lowest BCUT2D eigenvalue weighted by Gasteiger charge is -2.32. The molecule has 140 valence electrons. The van der Waals surface area contributed by atoms with Gasteiger partial charge in [0.25, 0.3) is 0 Å². The van der Waals surface area contributed by atoms with Gasteiger partial charge in [0.15, 0.2) is 0 Å². The van der Waals surface area contributed by atoms with Gasteiger partial charge < -0.3 is 9.51 Å². The van der Waals surface area contributed by atoms with E-state index in [4.69, 9.17) is 11.6 Å². The van der Waals surface area contributed by atoms with E-state index in [0.717, 1.165) is 41.9 Å². The van der Waals surface area contributed by atoms with Crippen molar-refractivity contribution in [3.05, 3.63) is 70.8 Å². The number of rotatable bonds is 4. The van der Waals surface area contributed by atoms with E-state index in [9.17, 15) is 5.11 Å². The number of hydrogen-bond acceptors (Lipinski definition) is 2. The zero-order valence-corrected chi connectivity index (χ0v) is 16.1. The van der Waals surface area contributed by atoms with Crippen molar-refractivity contribution in [1.82, 2.24) is 9.38 Å². The predicted molar refractivity (Wildman–Crippen MR) is 108 cm³/mol. The second kappa shape index (κ2) is 6.96. The first-order valence-electron chi connectivity index (χ1n) is 10.1. The van der Waals surface area contributed by atoms with Gasteiger partial charge >= 0.3 is 0 Å². The van der Waals surface area contributed by atoms with Gasteiger partial charge in [-0.1, -0.05) is 23.7 Å². The molecule has 0 radical (unpaired) electrons. The molecule has 2 fully saturated rings. The fourth-order valence-electron chi connectivity index (χ4n) is 4.71. The molecule has 0 aliphatic heterocycles. The monoisotopic (exact) mass is 380 g/mol. The van der Waals surface area contributed by atoms with E-state index in [1.807, 2.05) is 24.7 Å². The Labute approximate surface area is 165 Å². The lowest BCUT2D eigenvalue weighted by Crippen LogP contribution is -2.21. The van der Waals surface area contributed by atoms with Crippen molar-refractivity contribution < 1.29 is 5.11 Å². The van der Waals surface area contributed by atoms with Gasteiger partial charge in [0.1, 0.15) is 0 Å². The number of halogens is 1. The van der Waals surface area contributed by atoms with Crippen LogP contribution in [0.1, 0.15) is 73.3 Å². The van der Waals surface area contributed by atoms with Gasteiger partial charge in [0.2, 0.25) is 0 Å². The molecule has 0 saturated heterocycles. The third-order valence-electron chi connectivity index (χ3n) is 6.49. The van der Waals surface area contributed by atoms with Crippen LogP contribution in [0.4, 0.5) is 0 Å². The van der Waals surface area contributed by atoms with Crippen LogP contribution in [0.5, 0.6) is 0 Å². The summed E-state index contributed by atoms with van der Waals surface area (Å²) in [7, 11) is 0. The molecular weight excluding hydrogens is 356 g/mol. The minimum absolute atomic E-state index is 0.314. The van der Waals surface area contributed by atoms with Gasteiger partial charge in [0, 0.05) is 5.02 Å². The lowest BCUT2D eigenvalue weighted by atomic mass is 9.76. The molecule has 27 heavy (non-hydrogen) atoms. The topological polar surface area (TPSA) is 37.5 Å². The maximum atomic E-state index is 11.2. The van der Waals surface area contributed by atoms with E-state index >= 15 is 0 Å². The molecule has 3 nitrogen and oxygen atoms in total. The molecule has 0 amide bonds. The summed E-state index contributed by atoms with van der Waals surface area (Å²) in [4.78, 5) is 4.31. The summed E-state index contributed by atoms with van der Waals surface area (Å²) in [5, 5.41) is 12.0. The van der Waals surface area contributed by atoms with Gasteiger partial charge in [-0.05, 0) is 91.7 Å². The minimum Gasteiger partial charge on any atom is -0.387 e. The number of benzene rings is 1. The standard InChI is InChI=1S/C23H25ClN2O/c24-20-9-7-16(8-10-20)15-3-5-18(6-4-15)23(27)22-12-19(17-1-2-17)11-21-13-25-14-26(21)22/h7-15,17-18,23,27H,1-6H2. The summed E-state index contributed by atoms with van der Waals surface area (Å²) < 4.78 is 2.07. The quantitative estimate of drug-likeness (QED) is 0.614. The van der Waals surface area contributed by atoms with Crippen LogP contribution in [-0.4, -0.2) is 14.5 Å². The largest absolute Gasteiger partial charge is 0.387 e. The van der Waals surface area contributed by atoms with E-state index < -0.39 is 6.10 Å². The summed E-state index contributed by atoms with van der Waals surface area (Å²) >= 11 is 6.02. The molecule has 5 rings (SSSR count). The second-order valence-electron chi connectivity index (χ2n) is 8.28. The Bertz CT molecular complexity index is 937. The van der Waals surface area contributed by atoms with Crippen molar-refractivity contribution in [2.45, 2.75) is 56.5 Å². The highest BCUT2D eigenvalue weighted by atomic mass is 35.5. The molecule has 2 saturated carbocycles. The zero-order valence-electron chi connectivity index (χ0n) is 15.4. The van der Waals surface area contributed by atoms with Gasteiger partial charge in [-0.3, -0.25) is 0 Å². The Balaban J connectivity index is 1.35. The number of fused-ring (bicyclic) bond motifs is 1. The Hall–Kier alpha value is -1.84. The maximum Gasteiger partial charge on any atom is 0.0995 e. The molecule has 4 heteroatoms. The highest BCUT2D eigenvalue weighted by Crippen LogP contribution is 2.44. The van der Waals surface area contributed by atoms with E-state index in [0.29, 0.717) is 17.8 Å². The van der Waals surface area contributed by atoms with Gasteiger partial charge in [0.05, 0.1) is 29.8 Å². The van der Waals surface area contributed by atoms with Crippen molar-refractivity contribution in [3.8, 4) is 0 Å². The van der Waals surface area contributed by atoms with Crippen LogP contribution in [-0.2, 0) is 0 Å². The van der Waals surface area contributed by atoms with Crippen molar-refractivity contribution >= 4 is 17.1 Å². The SMILES string of the molecule is OC(c1cc(C2CC2)cc2cncn12)C1CCC(c2ccc(Cl)cc2)CC1.